The van der Waals surface area contributed by atoms with Crippen LogP contribution in [0.15, 0.2) is 58.7 Å². The Bertz CT molecular complexity index is 1380. The molecule has 3 heterocycles. The first kappa shape index (κ1) is 15.4. The molecule has 128 valence electrons. The molecule has 0 amide bonds. The molecule has 0 radical (unpaired) electrons. The molecule has 0 N–H and O–H groups in total. The van der Waals surface area contributed by atoms with Crippen LogP contribution < -0.4 is 5.56 Å². The summed E-state index contributed by atoms with van der Waals surface area (Å²) in [4.78, 5) is 13.2. The minimum atomic E-state index is 0.0451. The highest BCUT2D eigenvalue weighted by molar-refractivity contribution is 7.17. The molecule has 0 spiro atoms. The van der Waals surface area contributed by atoms with Gasteiger partial charge in [0.1, 0.15) is 5.65 Å². The van der Waals surface area contributed by atoms with Gasteiger partial charge in [0.2, 0.25) is 0 Å². The minimum Gasteiger partial charge on any atom is -0.330 e. The number of rotatable bonds is 1. The zero-order chi connectivity index (χ0) is 18.0. The van der Waals surface area contributed by atoms with Gasteiger partial charge in [-0.25, -0.2) is 0 Å². The third-order valence-electron chi connectivity index (χ3n) is 5.27. The molecule has 2 aromatic carbocycles. The Morgan fingerprint density at radius 1 is 0.846 bits per heavy atom. The zero-order valence-electron chi connectivity index (χ0n) is 14.9. The van der Waals surface area contributed by atoms with Gasteiger partial charge in [0.05, 0.1) is 5.52 Å². The van der Waals surface area contributed by atoms with Gasteiger partial charge in [0, 0.05) is 51.5 Å². The smallest absolute Gasteiger partial charge is 0.259 e. The van der Waals surface area contributed by atoms with Crippen molar-refractivity contribution in [3.8, 4) is 11.1 Å². The molecule has 0 aliphatic rings. The lowest BCUT2D eigenvalue weighted by atomic mass is 10.0. The summed E-state index contributed by atoms with van der Waals surface area (Å²) < 4.78 is 5.10. The lowest BCUT2D eigenvalue weighted by Gasteiger charge is -2.08. The molecular weight excluding hydrogens is 340 g/mol. The minimum absolute atomic E-state index is 0.0451. The number of benzene rings is 2. The fourth-order valence-corrected chi connectivity index (χ4v) is 4.94. The van der Waals surface area contributed by atoms with Crippen LogP contribution in [-0.4, -0.2) is 9.13 Å². The summed E-state index contributed by atoms with van der Waals surface area (Å²) >= 11 is 1.69. The van der Waals surface area contributed by atoms with Crippen molar-refractivity contribution in [1.82, 2.24) is 9.13 Å². The number of hydrogen-bond donors (Lipinski definition) is 0. The van der Waals surface area contributed by atoms with Crippen LogP contribution in [0.1, 0.15) is 5.56 Å². The van der Waals surface area contributed by atoms with Gasteiger partial charge in [-0.1, -0.05) is 29.8 Å². The van der Waals surface area contributed by atoms with Gasteiger partial charge in [0.25, 0.3) is 5.56 Å². The van der Waals surface area contributed by atoms with Crippen molar-refractivity contribution >= 4 is 43.4 Å². The highest BCUT2D eigenvalue weighted by Crippen LogP contribution is 2.35. The Morgan fingerprint density at radius 2 is 1.65 bits per heavy atom. The van der Waals surface area contributed by atoms with Crippen LogP contribution in [-0.2, 0) is 14.1 Å². The van der Waals surface area contributed by atoms with E-state index in [4.69, 9.17) is 0 Å². The second kappa shape index (κ2) is 5.32. The predicted octanol–water partition coefficient (Wildman–Crippen LogP) is 5.22. The maximum Gasteiger partial charge on any atom is 0.259 e. The SMILES string of the molecule is Cc1ccc2c(c1)c1cc(-c3csc4ccccc34)c(=O)n(C)c1n2C. The van der Waals surface area contributed by atoms with Gasteiger partial charge in [-0.15, -0.1) is 11.3 Å². The number of pyridine rings is 1. The fraction of sp³-hybridized carbons (Fsp3) is 0.136. The topological polar surface area (TPSA) is 26.9 Å². The number of aromatic nitrogens is 2. The number of thiophene rings is 1. The molecule has 0 atom stereocenters. The zero-order valence-corrected chi connectivity index (χ0v) is 15.7. The van der Waals surface area contributed by atoms with Gasteiger partial charge in [-0.3, -0.25) is 9.36 Å². The molecule has 5 rings (SSSR count). The van der Waals surface area contributed by atoms with Gasteiger partial charge >= 0.3 is 0 Å². The summed E-state index contributed by atoms with van der Waals surface area (Å²) in [7, 11) is 3.90. The van der Waals surface area contributed by atoms with Crippen molar-refractivity contribution in [1.29, 1.82) is 0 Å². The van der Waals surface area contributed by atoms with Crippen LogP contribution in [0.4, 0.5) is 0 Å². The Balaban J connectivity index is 1.96. The van der Waals surface area contributed by atoms with Crippen LogP contribution in [0, 0.1) is 6.92 Å². The lowest BCUT2D eigenvalue weighted by molar-refractivity contribution is 0.847. The van der Waals surface area contributed by atoms with Crippen molar-refractivity contribution in [3.63, 3.8) is 0 Å². The van der Waals surface area contributed by atoms with E-state index in [1.54, 1.807) is 15.9 Å². The Kier molecular flexibility index (Phi) is 3.15. The molecule has 0 unspecified atom stereocenters. The van der Waals surface area contributed by atoms with Gasteiger partial charge in [-0.2, -0.15) is 0 Å². The molecule has 26 heavy (non-hydrogen) atoms. The van der Waals surface area contributed by atoms with Crippen LogP contribution in [0.2, 0.25) is 0 Å². The highest BCUT2D eigenvalue weighted by atomic mass is 32.1. The molecule has 0 fully saturated rings. The summed E-state index contributed by atoms with van der Waals surface area (Å²) in [5.74, 6) is 0. The quantitative estimate of drug-likeness (QED) is 0.403. The maximum absolute atomic E-state index is 13.2. The molecule has 0 saturated heterocycles. The Hall–Kier alpha value is -2.85. The first-order chi connectivity index (χ1) is 12.6. The molecule has 0 saturated carbocycles. The average Bonchev–Trinajstić information content (AvgIpc) is 3.18. The molecule has 0 bridgehead atoms. The Labute approximate surface area is 154 Å². The van der Waals surface area contributed by atoms with E-state index in [-0.39, 0.29) is 5.56 Å². The second-order valence-electron chi connectivity index (χ2n) is 6.88. The van der Waals surface area contributed by atoms with Gasteiger partial charge in [0.15, 0.2) is 0 Å². The summed E-state index contributed by atoms with van der Waals surface area (Å²) in [5, 5.41) is 5.56. The lowest BCUT2D eigenvalue weighted by Crippen LogP contribution is -2.20. The fourth-order valence-electron chi connectivity index (χ4n) is 3.98. The second-order valence-corrected chi connectivity index (χ2v) is 7.80. The van der Waals surface area contributed by atoms with E-state index in [1.807, 2.05) is 26.2 Å². The monoisotopic (exact) mass is 358 g/mol. The first-order valence-corrected chi connectivity index (χ1v) is 9.49. The van der Waals surface area contributed by atoms with Crippen LogP contribution in [0.3, 0.4) is 0 Å². The molecule has 3 nitrogen and oxygen atoms in total. The van der Waals surface area contributed by atoms with Crippen molar-refractivity contribution in [2.45, 2.75) is 6.92 Å². The van der Waals surface area contributed by atoms with Gasteiger partial charge in [-0.05, 0) is 31.2 Å². The molecule has 4 heteroatoms. The van der Waals surface area contributed by atoms with E-state index >= 15 is 0 Å². The largest absolute Gasteiger partial charge is 0.330 e. The van der Waals surface area contributed by atoms with E-state index in [1.165, 1.54) is 15.6 Å². The van der Waals surface area contributed by atoms with Crippen LogP contribution in [0.5, 0.6) is 0 Å². The summed E-state index contributed by atoms with van der Waals surface area (Å²) in [5.41, 5.74) is 5.17. The highest BCUT2D eigenvalue weighted by Gasteiger charge is 2.17. The normalized spacial score (nSPS) is 11.8. The van der Waals surface area contributed by atoms with Crippen LogP contribution in [0.25, 0.3) is 43.1 Å². The third-order valence-corrected chi connectivity index (χ3v) is 6.24. The van der Waals surface area contributed by atoms with Crippen molar-refractivity contribution in [2.75, 3.05) is 0 Å². The van der Waals surface area contributed by atoms with E-state index < -0.39 is 0 Å². The van der Waals surface area contributed by atoms with E-state index in [9.17, 15) is 4.79 Å². The van der Waals surface area contributed by atoms with E-state index in [0.29, 0.717) is 0 Å². The number of hydrogen-bond acceptors (Lipinski definition) is 2. The van der Waals surface area contributed by atoms with E-state index in [0.717, 1.165) is 33.1 Å². The maximum atomic E-state index is 13.2. The number of aryl methyl sites for hydroxylation is 3. The molecule has 0 aliphatic carbocycles. The average molecular weight is 358 g/mol. The molecule has 0 aliphatic heterocycles. The summed E-state index contributed by atoms with van der Waals surface area (Å²) in [6, 6.07) is 16.8. The standard InChI is InChI=1S/C22H18N2OS/c1-13-8-9-19-15(10-13)16-11-17(22(25)24(3)21(16)23(19)2)18-12-26-20-7-5-4-6-14(18)20/h4-12H,1-3H3. The van der Waals surface area contributed by atoms with Crippen LogP contribution >= 0.6 is 11.3 Å². The first-order valence-electron chi connectivity index (χ1n) is 8.61. The Morgan fingerprint density at radius 3 is 2.50 bits per heavy atom. The third kappa shape index (κ3) is 1.96. The predicted molar refractivity (Wildman–Crippen MR) is 111 cm³/mol. The van der Waals surface area contributed by atoms with Crippen molar-refractivity contribution in [3.05, 3.63) is 69.8 Å². The number of fused-ring (bicyclic) bond motifs is 4. The van der Waals surface area contributed by atoms with Crippen molar-refractivity contribution in [2.24, 2.45) is 14.1 Å². The number of nitrogens with zero attached hydrogens (tertiary/aromatic N) is 2. The van der Waals surface area contributed by atoms with Crippen molar-refractivity contribution < 1.29 is 0 Å². The molecular formula is C22H18N2OS. The van der Waals surface area contributed by atoms with E-state index in [2.05, 4.69) is 53.3 Å². The molecule has 5 aromatic rings. The summed E-state index contributed by atoms with van der Waals surface area (Å²) in [6.07, 6.45) is 0. The molecule has 3 aromatic heterocycles. The van der Waals surface area contributed by atoms with Gasteiger partial charge < -0.3 is 4.57 Å². The summed E-state index contributed by atoms with van der Waals surface area (Å²) in [6.45, 7) is 2.10.